The number of rotatable bonds is 30. The lowest BCUT2D eigenvalue weighted by atomic mass is 10.0. The Balaban J connectivity index is 1.13. The fraction of sp³-hybridized carbons (Fsp3) is 0. The molecule has 0 atom stereocenters. The van der Waals surface area contributed by atoms with Crippen molar-refractivity contribution >= 4 is 119 Å². The topological polar surface area (TPSA) is 667 Å². The second-order valence-corrected chi connectivity index (χ2v) is 23.7. The van der Waals surface area contributed by atoms with E-state index in [1.165, 1.54) is 0 Å². The summed E-state index contributed by atoms with van der Waals surface area (Å²) in [6.07, 6.45) is 0. The number of hydrogen-bond acceptors (Lipinski definition) is 29. The minimum atomic E-state index is -2.26. The molecule has 0 fully saturated rings. The molecule has 12 N–H and O–H groups in total. The average molecular weight is 1660 g/mol. The van der Waals surface area contributed by atoms with Crippen LogP contribution >= 0.6 is 0 Å². The summed E-state index contributed by atoms with van der Waals surface area (Å²) in [7, 11) is 0. The smallest absolute Gasteiger partial charge is 0.350 e. The summed E-state index contributed by atoms with van der Waals surface area (Å²) in [6, 6.07) is 23.6. The largest absolute Gasteiger partial charge is 0.478 e. The molecule has 0 amide bonds. The molecular formula is C80H42O41. The van der Waals surface area contributed by atoms with E-state index in [2.05, 4.69) is 0 Å². The first kappa shape index (κ1) is 84.8. The Hall–Kier alpha value is -18.6. The van der Waals surface area contributed by atoms with Gasteiger partial charge in [0.1, 0.15) is 113 Å². The van der Waals surface area contributed by atoms with Crippen LogP contribution in [0.4, 0.5) is 0 Å². The molecule has 0 radical (unpaired) electrons. The zero-order valence-electron chi connectivity index (χ0n) is 59.5. The Morgan fingerprint density at radius 3 is 0.397 bits per heavy atom. The number of carbonyl (C=O) groups excluding carboxylic acids is 8. The first-order chi connectivity index (χ1) is 57.3. The normalized spacial score (nSPS) is 10.5. The third-order valence-corrected chi connectivity index (χ3v) is 16.5. The van der Waals surface area contributed by atoms with Crippen LogP contribution in [0.25, 0.3) is 0 Å². The molecule has 0 unspecified atom stereocenters. The Labute approximate surface area is 667 Å². The van der Waals surface area contributed by atoms with E-state index in [-0.39, 0.29) is 0 Å². The highest BCUT2D eigenvalue weighted by molar-refractivity contribution is 6.18. The number of esters is 8. The zero-order valence-corrected chi connectivity index (χ0v) is 59.5. The SMILES string of the molecule is O=C(O)c1cccc(Oc2cccc(C(=O)OC(=O)c3cccc(Oc4cccc(C(=O)OC(=O)c5cccc(Oc6cccc(C(=O)O)c6C(=O)O)c5C(=O)O)c4C(=O)OC(=O)c4cccc(Oc5cccc(C(=O)O)c5C(=O)O)c4C(=O)O)c3C(=O)OC(=O)c3cccc(Oc4cccc(C(=O)O)c4C(=O)O)c3C(=O)O)c2C(=O)O)c1C(=O)O. The Morgan fingerprint density at radius 2 is 0.256 bits per heavy atom. The van der Waals surface area contributed by atoms with Gasteiger partial charge in [-0.3, -0.25) is 0 Å². The maximum Gasteiger partial charge on any atom is 0.350 e. The van der Waals surface area contributed by atoms with Gasteiger partial charge in [-0.1, -0.05) is 60.7 Å². The van der Waals surface area contributed by atoms with Crippen LogP contribution in [0, 0.1) is 0 Å². The highest BCUT2D eigenvalue weighted by atomic mass is 16.6. The van der Waals surface area contributed by atoms with Gasteiger partial charge in [-0.15, -0.1) is 0 Å². The van der Waals surface area contributed by atoms with E-state index in [1.54, 1.807) is 0 Å². The van der Waals surface area contributed by atoms with Gasteiger partial charge >= 0.3 is 119 Å². The average Bonchev–Trinajstić information content (AvgIpc) is 0.797. The van der Waals surface area contributed by atoms with Crippen LogP contribution in [-0.2, 0) is 18.9 Å². The third-order valence-electron chi connectivity index (χ3n) is 16.5. The molecule has 0 saturated carbocycles. The van der Waals surface area contributed by atoms with Crippen LogP contribution in [0.15, 0.2) is 182 Å². The van der Waals surface area contributed by atoms with E-state index in [9.17, 15) is 148 Å². The molecule has 0 aliphatic carbocycles. The fourth-order valence-corrected chi connectivity index (χ4v) is 11.4. The molecule has 0 saturated heterocycles. The first-order valence-electron chi connectivity index (χ1n) is 32.9. The Morgan fingerprint density at radius 1 is 0.140 bits per heavy atom. The van der Waals surface area contributed by atoms with Gasteiger partial charge in [0.05, 0.1) is 55.6 Å². The van der Waals surface area contributed by atoms with Crippen LogP contribution in [0.3, 0.4) is 0 Å². The van der Waals surface area contributed by atoms with E-state index in [4.69, 9.17) is 42.6 Å². The molecule has 10 aromatic carbocycles. The highest BCUT2D eigenvalue weighted by Crippen LogP contribution is 2.41. The molecule has 0 aromatic heterocycles. The summed E-state index contributed by atoms with van der Waals surface area (Å²) in [6.45, 7) is 0. The molecule has 0 aliphatic rings. The summed E-state index contributed by atoms with van der Waals surface area (Å²) >= 11 is 0. The summed E-state index contributed by atoms with van der Waals surface area (Å²) in [4.78, 5) is 268. The Kier molecular flexibility index (Phi) is 24.7. The fourth-order valence-electron chi connectivity index (χ4n) is 11.4. The molecule has 41 heteroatoms. The lowest BCUT2D eigenvalue weighted by Crippen LogP contribution is -2.23. The third kappa shape index (κ3) is 17.8. The summed E-state index contributed by atoms with van der Waals surface area (Å²) in [5, 5.41) is 121. The number of hydrogen-bond donors (Lipinski definition) is 12. The van der Waals surface area contributed by atoms with Gasteiger partial charge in [-0.2, -0.15) is 0 Å². The van der Waals surface area contributed by atoms with Gasteiger partial charge in [0, 0.05) is 0 Å². The van der Waals surface area contributed by atoms with Gasteiger partial charge in [0.15, 0.2) is 0 Å². The maximum atomic E-state index is 15.1. The quantitative estimate of drug-likeness (QED) is 0.0113. The molecule has 10 rings (SSSR count). The van der Waals surface area contributed by atoms with Gasteiger partial charge in [-0.05, 0) is 121 Å². The maximum absolute atomic E-state index is 15.1. The highest BCUT2D eigenvalue weighted by Gasteiger charge is 2.38. The van der Waals surface area contributed by atoms with E-state index in [1.807, 2.05) is 0 Å². The van der Waals surface area contributed by atoms with Crippen molar-refractivity contribution < 1.29 is 200 Å². The monoisotopic (exact) mass is 1660 g/mol. The van der Waals surface area contributed by atoms with Crippen molar-refractivity contribution in [2.45, 2.75) is 0 Å². The lowest BCUT2D eigenvalue weighted by molar-refractivity contribution is 0.0350. The van der Waals surface area contributed by atoms with E-state index in [0.29, 0.717) is 60.7 Å². The molecule has 121 heavy (non-hydrogen) atoms. The lowest BCUT2D eigenvalue weighted by Gasteiger charge is -2.18. The van der Waals surface area contributed by atoms with Crippen molar-refractivity contribution in [1.29, 1.82) is 0 Å². The van der Waals surface area contributed by atoms with Crippen LogP contribution in [0.1, 0.15) is 207 Å². The molecule has 0 spiro atoms. The second-order valence-electron chi connectivity index (χ2n) is 23.7. The molecule has 10 aromatic rings. The van der Waals surface area contributed by atoms with Crippen LogP contribution < -0.4 is 23.7 Å². The predicted octanol–water partition coefficient (Wildman–Crippen LogP) is 11.0. The van der Waals surface area contributed by atoms with Gasteiger partial charge in [0.25, 0.3) is 0 Å². The number of ether oxygens (including phenoxy) is 9. The molecule has 0 aliphatic heterocycles. The predicted molar refractivity (Wildman–Crippen MR) is 387 cm³/mol. The van der Waals surface area contributed by atoms with E-state index in [0.717, 1.165) is 121 Å². The minimum absolute atomic E-state index is 0.548. The van der Waals surface area contributed by atoms with Gasteiger partial charge in [-0.25, -0.2) is 95.9 Å². The number of carboxylic acids is 12. The summed E-state index contributed by atoms with van der Waals surface area (Å²) < 4.78 is 48.6. The van der Waals surface area contributed by atoms with Crippen molar-refractivity contribution in [3.63, 3.8) is 0 Å². The number of carboxylic acid groups (broad SMARTS) is 12. The summed E-state index contributed by atoms with van der Waals surface area (Å²) in [5.74, 6) is -50.4. The zero-order chi connectivity index (χ0) is 88.4. The second kappa shape index (κ2) is 35.2. The molecule has 0 heterocycles. The van der Waals surface area contributed by atoms with Crippen molar-refractivity contribution in [2.24, 2.45) is 0 Å². The molecule has 608 valence electrons. The van der Waals surface area contributed by atoms with E-state index < -0.39 is 288 Å². The Bertz CT molecular complexity index is 5920. The number of aromatic carboxylic acids is 12. The first-order valence-corrected chi connectivity index (χ1v) is 32.9. The van der Waals surface area contributed by atoms with Gasteiger partial charge < -0.3 is 104 Å². The van der Waals surface area contributed by atoms with E-state index >= 15 is 9.59 Å². The van der Waals surface area contributed by atoms with Crippen molar-refractivity contribution in [2.75, 3.05) is 0 Å². The minimum Gasteiger partial charge on any atom is -0.478 e. The van der Waals surface area contributed by atoms with Crippen LogP contribution in [-0.4, -0.2) is 181 Å². The van der Waals surface area contributed by atoms with Crippen LogP contribution in [0.2, 0.25) is 0 Å². The number of benzene rings is 10. The van der Waals surface area contributed by atoms with Crippen molar-refractivity contribution in [3.05, 3.63) is 293 Å². The summed E-state index contributed by atoms with van der Waals surface area (Å²) in [5.41, 5.74) is -23.6. The standard InChI is InChI=1S/C80H42O41/c81-61(82)31-11-1-21-41(51(31)65(89)90)113-45-25-5-15-35(55(45)69(97)98)73(105)118-77(109)39-19-9-29-49(59(39)79(111)120-75(107)37-17-7-27-47(57(37)71(101)102)115-43-23-3-13-33(63(85)86)53(43)67(93)94)117-50-30-10-20-40(78(110)119-74(106)36-16-6-26-46(56(36)70(99)100)114-42-22-2-12-32(62(83)84)52(42)66(91)92)60(50)80(112)121-76(108)38-18-8-28-48(58(38)72(103)104)116-44-24-4-14-34(64(87)88)54(44)68(95)96/h1-30H,(H,81,82)(H,83,84)(H,85,86)(H,87,88)(H,89,90)(H,91,92)(H,93,94)(H,95,96)(H,97,98)(H,99,100)(H,101,102)(H,103,104). The van der Waals surface area contributed by atoms with Gasteiger partial charge in [0.2, 0.25) is 0 Å². The van der Waals surface area contributed by atoms with Crippen molar-refractivity contribution in [1.82, 2.24) is 0 Å². The molecule has 41 nitrogen and oxygen atoms in total. The molecular weight excluding hydrogens is 1620 g/mol. The van der Waals surface area contributed by atoms with Crippen molar-refractivity contribution in [3.8, 4) is 57.5 Å². The number of carbonyl (C=O) groups is 20. The molecule has 0 bridgehead atoms. The van der Waals surface area contributed by atoms with Crippen LogP contribution in [0.5, 0.6) is 57.5 Å².